The number of nitrogens with zero attached hydrogens (tertiary/aromatic N) is 3. The predicted molar refractivity (Wildman–Crippen MR) is 121 cm³/mol. The minimum atomic E-state index is -0.372. The second kappa shape index (κ2) is 10.4. The van der Waals surface area contributed by atoms with E-state index in [1.165, 1.54) is 47.9 Å². The monoisotopic (exact) mass is 450 g/mol. The molecule has 0 atom stereocenters. The normalized spacial score (nSPS) is 14.2. The molecule has 0 fully saturated rings. The van der Waals surface area contributed by atoms with E-state index in [2.05, 4.69) is 33.9 Å². The van der Waals surface area contributed by atoms with Gasteiger partial charge in [-0.05, 0) is 45.1 Å². The number of anilines is 1. The Labute approximate surface area is 186 Å². The smallest absolute Gasteiger partial charge is 0.341 e. The highest BCUT2D eigenvalue weighted by Crippen LogP contribution is 2.37. The number of carbonyl (C=O) groups is 2. The van der Waals surface area contributed by atoms with Gasteiger partial charge in [-0.3, -0.25) is 4.79 Å². The molecule has 0 spiro atoms. The van der Waals surface area contributed by atoms with Crippen molar-refractivity contribution in [1.82, 2.24) is 14.8 Å². The van der Waals surface area contributed by atoms with Gasteiger partial charge in [0.1, 0.15) is 10.8 Å². The van der Waals surface area contributed by atoms with Crippen molar-refractivity contribution in [1.29, 1.82) is 0 Å². The number of nitrogens with one attached hydrogen (secondary N) is 1. The van der Waals surface area contributed by atoms with Crippen molar-refractivity contribution >= 4 is 40.0 Å². The lowest BCUT2D eigenvalue weighted by molar-refractivity contribution is -0.113. The van der Waals surface area contributed by atoms with Crippen LogP contribution in [-0.2, 0) is 28.8 Å². The predicted octanol–water partition coefficient (Wildman–Crippen LogP) is 4.66. The maximum atomic E-state index is 12.7. The molecule has 164 valence electrons. The van der Waals surface area contributed by atoms with Crippen LogP contribution in [0.25, 0.3) is 0 Å². The molecular formula is C21H30N4O3S2. The fourth-order valence-corrected chi connectivity index (χ4v) is 5.96. The summed E-state index contributed by atoms with van der Waals surface area (Å²) in [5.41, 5.74) is 1.60. The zero-order valence-electron chi connectivity index (χ0n) is 18.1. The topological polar surface area (TPSA) is 86.1 Å². The van der Waals surface area contributed by atoms with E-state index in [1.54, 1.807) is 0 Å². The van der Waals surface area contributed by atoms with E-state index < -0.39 is 0 Å². The molecule has 1 amide bonds. The largest absolute Gasteiger partial charge is 0.465 e. The molecule has 0 aromatic carbocycles. The average molecular weight is 451 g/mol. The van der Waals surface area contributed by atoms with Gasteiger partial charge in [-0.25, -0.2) is 4.79 Å². The molecule has 1 aliphatic carbocycles. The highest BCUT2D eigenvalue weighted by atomic mass is 32.2. The Bertz CT molecular complexity index is 904. The first kappa shape index (κ1) is 22.8. The number of amides is 1. The Kier molecular flexibility index (Phi) is 7.93. The molecule has 0 bridgehead atoms. The summed E-state index contributed by atoms with van der Waals surface area (Å²) in [7, 11) is 1.39. The van der Waals surface area contributed by atoms with Crippen LogP contribution in [0.15, 0.2) is 5.16 Å². The number of hydrogen-bond acceptors (Lipinski definition) is 7. The van der Waals surface area contributed by atoms with Crippen molar-refractivity contribution in [3.05, 3.63) is 21.8 Å². The van der Waals surface area contributed by atoms with Gasteiger partial charge in [0.05, 0.1) is 18.4 Å². The van der Waals surface area contributed by atoms with E-state index in [4.69, 9.17) is 4.74 Å². The second-order valence-electron chi connectivity index (χ2n) is 7.67. The quantitative estimate of drug-likeness (QED) is 0.488. The van der Waals surface area contributed by atoms with Crippen molar-refractivity contribution in [3.8, 4) is 0 Å². The third-order valence-electron chi connectivity index (χ3n) is 5.21. The minimum Gasteiger partial charge on any atom is -0.465 e. The Hall–Kier alpha value is -1.87. The first-order chi connectivity index (χ1) is 14.5. The van der Waals surface area contributed by atoms with E-state index in [0.29, 0.717) is 10.6 Å². The van der Waals surface area contributed by atoms with Gasteiger partial charge in [0.15, 0.2) is 5.16 Å². The molecule has 0 saturated heterocycles. The number of rotatable bonds is 7. The molecule has 7 nitrogen and oxygen atoms in total. The summed E-state index contributed by atoms with van der Waals surface area (Å²) in [5, 5.41) is 12.8. The van der Waals surface area contributed by atoms with Crippen molar-refractivity contribution in [2.75, 3.05) is 18.2 Å². The van der Waals surface area contributed by atoms with Gasteiger partial charge in [-0.1, -0.05) is 31.5 Å². The fourth-order valence-electron chi connectivity index (χ4n) is 3.78. The number of thiophene rings is 1. The number of fused-ring (bicyclic) bond motifs is 1. The lowest BCUT2D eigenvalue weighted by Crippen LogP contribution is -2.17. The average Bonchev–Trinajstić information content (AvgIpc) is 3.26. The summed E-state index contributed by atoms with van der Waals surface area (Å²) in [4.78, 5) is 26.4. The van der Waals surface area contributed by atoms with Crippen molar-refractivity contribution < 1.29 is 14.3 Å². The molecule has 2 aromatic heterocycles. The fraction of sp³-hybridized carbons (Fsp3) is 0.619. The highest BCUT2D eigenvalue weighted by Gasteiger charge is 2.26. The maximum Gasteiger partial charge on any atom is 0.341 e. The van der Waals surface area contributed by atoms with Gasteiger partial charge in [0.2, 0.25) is 5.91 Å². The van der Waals surface area contributed by atoms with Crippen LogP contribution in [0.5, 0.6) is 0 Å². The summed E-state index contributed by atoms with van der Waals surface area (Å²) < 4.78 is 7.10. The van der Waals surface area contributed by atoms with Crippen molar-refractivity contribution in [3.63, 3.8) is 0 Å². The Morgan fingerprint density at radius 2 is 1.93 bits per heavy atom. The van der Waals surface area contributed by atoms with E-state index in [-0.39, 0.29) is 23.7 Å². The molecule has 0 saturated carbocycles. The lowest BCUT2D eigenvalue weighted by Gasteiger charge is -2.13. The van der Waals surface area contributed by atoms with Crippen LogP contribution in [0, 0.1) is 0 Å². The Morgan fingerprint density at radius 3 is 2.60 bits per heavy atom. The van der Waals surface area contributed by atoms with E-state index in [9.17, 15) is 9.59 Å². The number of thioether (sulfide) groups is 1. The SMILES string of the molecule is CCc1nnc(SCC(=O)Nc2sc3c(c2C(=O)OC)CCCCCC3)n1C(C)C. The van der Waals surface area contributed by atoms with Gasteiger partial charge < -0.3 is 14.6 Å². The van der Waals surface area contributed by atoms with E-state index in [1.807, 2.05) is 6.92 Å². The molecule has 1 N–H and O–H groups in total. The van der Waals surface area contributed by atoms with Gasteiger partial charge in [0, 0.05) is 17.3 Å². The molecular weight excluding hydrogens is 420 g/mol. The van der Waals surface area contributed by atoms with Crippen LogP contribution in [-0.4, -0.2) is 39.5 Å². The molecule has 30 heavy (non-hydrogen) atoms. The number of ether oxygens (including phenoxy) is 1. The van der Waals surface area contributed by atoms with Crippen LogP contribution in [0.4, 0.5) is 5.00 Å². The van der Waals surface area contributed by atoms with Gasteiger partial charge in [-0.2, -0.15) is 0 Å². The molecule has 0 unspecified atom stereocenters. The van der Waals surface area contributed by atoms with Crippen molar-refractivity contribution in [2.24, 2.45) is 0 Å². The molecule has 3 rings (SSSR count). The maximum absolute atomic E-state index is 12.7. The number of carbonyl (C=O) groups excluding carboxylic acids is 2. The summed E-state index contributed by atoms with van der Waals surface area (Å²) in [6, 6.07) is 0.225. The first-order valence-corrected chi connectivity index (χ1v) is 12.4. The van der Waals surface area contributed by atoms with Crippen LogP contribution < -0.4 is 5.32 Å². The molecule has 0 aliphatic heterocycles. The van der Waals surface area contributed by atoms with Crippen LogP contribution in [0.2, 0.25) is 0 Å². The molecule has 1 aliphatic rings. The molecule has 9 heteroatoms. The summed E-state index contributed by atoms with van der Waals surface area (Å²) in [6.07, 6.45) is 7.15. The van der Waals surface area contributed by atoms with Gasteiger partial charge in [-0.15, -0.1) is 21.5 Å². The Morgan fingerprint density at radius 1 is 1.20 bits per heavy atom. The van der Waals surface area contributed by atoms with Crippen LogP contribution in [0.3, 0.4) is 0 Å². The number of hydrogen-bond donors (Lipinski definition) is 1. The Balaban J connectivity index is 1.76. The summed E-state index contributed by atoms with van der Waals surface area (Å²) >= 11 is 2.89. The standard InChI is InChI=1S/C21H30N4O3S2/c1-5-16-23-24-21(25(16)13(2)3)29-12-17(26)22-19-18(20(27)28-4)14-10-8-6-7-9-11-15(14)30-19/h13H,5-12H2,1-4H3,(H,22,26). The van der Waals surface area contributed by atoms with Crippen LogP contribution >= 0.6 is 23.1 Å². The highest BCUT2D eigenvalue weighted by molar-refractivity contribution is 7.99. The summed E-state index contributed by atoms with van der Waals surface area (Å²) in [6.45, 7) is 6.20. The number of aromatic nitrogens is 3. The summed E-state index contributed by atoms with van der Waals surface area (Å²) in [5.74, 6) is 0.593. The molecule has 0 radical (unpaired) electrons. The third kappa shape index (κ3) is 5.06. The van der Waals surface area contributed by atoms with Gasteiger partial charge in [0.25, 0.3) is 0 Å². The van der Waals surface area contributed by atoms with Gasteiger partial charge >= 0.3 is 5.97 Å². The third-order valence-corrected chi connectivity index (χ3v) is 7.36. The van der Waals surface area contributed by atoms with E-state index >= 15 is 0 Å². The van der Waals surface area contributed by atoms with Crippen molar-refractivity contribution in [2.45, 2.75) is 76.9 Å². The zero-order chi connectivity index (χ0) is 21.7. The van der Waals surface area contributed by atoms with E-state index in [0.717, 1.165) is 48.6 Å². The zero-order valence-corrected chi connectivity index (χ0v) is 19.8. The second-order valence-corrected chi connectivity index (χ2v) is 9.71. The lowest BCUT2D eigenvalue weighted by atomic mass is 9.96. The van der Waals surface area contributed by atoms with Crippen LogP contribution in [0.1, 0.15) is 79.1 Å². The first-order valence-electron chi connectivity index (χ1n) is 10.6. The minimum absolute atomic E-state index is 0.157. The molecule has 2 heterocycles. The molecule has 2 aromatic rings. The number of methoxy groups -OCH3 is 1. The number of aryl methyl sites for hydroxylation is 2. The number of esters is 1.